The van der Waals surface area contributed by atoms with E-state index < -0.39 is 0 Å². The third-order valence-electron chi connectivity index (χ3n) is 4.34. The lowest BCUT2D eigenvalue weighted by atomic mass is 9.84. The van der Waals surface area contributed by atoms with Crippen LogP contribution in [0.2, 0.25) is 0 Å². The molecule has 0 aromatic heterocycles. The second kappa shape index (κ2) is 6.78. The molecule has 23 heavy (non-hydrogen) atoms. The van der Waals surface area contributed by atoms with Gasteiger partial charge >= 0.3 is 0 Å². The van der Waals surface area contributed by atoms with E-state index in [0.29, 0.717) is 12.1 Å². The van der Waals surface area contributed by atoms with Crippen molar-refractivity contribution >= 4 is 5.69 Å². The largest absolute Gasteiger partial charge is 0.366 e. The van der Waals surface area contributed by atoms with Crippen LogP contribution in [0.15, 0.2) is 48.5 Å². The van der Waals surface area contributed by atoms with E-state index in [1.165, 1.54) is 22.4 Å². The summed E-state index contributed by atoms with van der Waals surface area (Å²) in [5, 5.41) is 0. The zero-order valence-corrected chi connectivity index (χ0v) is 15.7. The average Bonchev–Trinajstić information content (AvgIpc) is 2.46. The first-order chi connectivity index (χ1) is 10.7. The predicted molar refractivity (Wildman–Crippen MR) is 103 cm³/mol. The Morgan fingerprint density at radius 3 is 1.83 bits per heavy atom. The minimum Gasteiger partial charge on any atom is -0.366 e. The first kappa shape index (κ1) is 17.6. The van der Waals surface area contributed by atoms with Gasteiger partial charge < -0.3 is 4.90 Å². The molecule has 0 atom stereocenters. The van der Waals surface area contributed by atoms with E-state index >= 15 is 0 Å². The second-order valence-corrected chi connectivity index (χ2v) is 7.94. The van der Waals surface area contributed by atoms with Gasteiger partial charge in [-0.25, -0.2) is 0 Å². The molecule has 0 N–H and O–H groups in total. The molecule has 1 heteroatoms. The summed E-state index contributed by atoms with van der Waals surface area (Å²) in [5.74, 6) is 0. The SMILES string of the molecule is CC(C)N(c1ccc(C(C)(C)C)cc1-c1ccccc1)C(C)C. The number of hydrogen-bond acceptors (Lipinski definition) is 1. The van der Waals surface area contributed by atoms with Crippen LogP contribution in [-0.4, -0.2) is 12.1 Å². The van der Waals surface area contributed by atoms with Crippen LogP contribution in [0, 0.1) is 0 Å². The molecule has 0 amide bonds. The zero-order chi connectivity index (χ0) is 17.2. The number of nitrogens with zero attached hydrogens (tertiary/aromatic N) is 1. The Morgan fingerprint density at radius 2 is 1.35 bits per heavy atom. The molecule has 0 saturated heterocycles. The Balaban J connectivity index is 2.67. The fourth-order valence-electron chi connectivity index (χ4n) is 3.23. The van der Waals surface area contributed by atoms with Crippen molar-refractivity contribution in [3.05, 3.63) is 54.1 Å². The summed E-state index contributed by atoms with van der Waals surface area (Å²) in [5.41, 5.74) is 5.49. The van der Waals surface area contributed by atoms with Gasteiger partial charge in [0.05, 0.1) is 0 Å². The van der Waals surface area contributed by atoms with E-state index in [1.54, 1.807) is 0 Å². The van der Waals surface area contributed by atoms with E-state index in [1.807, 2.05) is 0 Å². The van der Waals surface area contributed by atoms with Crippen molar-refractivity contribution < 1.29 is 0 Å². The van der Waals surface area contributed by atoms with Crippen molar-refractivity contribution in [3.63, 3.8) is 0 Å². The van der Waals surface area contributed by atoms with Gasteiger partial charge in [0.15, 0.2) is 0 Å². The van der Waals surface area contributed by atoms with Crippen LogP contribution in [0.1, 0.15) is 54.0 Å². The van der Waals surface area contributed by atoms with Gasteiger partial charge in [-0.05, 0) is 56.4 Å². The van der Waals surface area contributed by atoms with Crippen molar-refractivity contribution in [2.45, 2.75) is 66.0 Å². The summed E-state index contributed by atoms with van der Waals surface area (Å²) in [6, 6.07) is 18.7. The Hall–Kier alpha value is -1.76. The van der Waals surface area contributed by atoms with Crippen molar-refractivity contribution in [1.82, 2.24) is 0 Å². The summed E-state index contributed by atoms with van der Waals surface area (Å²) >= 11 is 0. The fraction of sp³-hybridized carbons (Fsp3) is 0.455. The molecule has 2 rings (SSSR count). The fourth-order valence-corrected chi connectivity index (χ4v) is 3.23. The minimum atomic E-state index is 0.155. The molecular weight excluding hydrogens is 278 g/mol. The number of rotatable bonds is 4. The topological polar surface area (TPSA) is 3.24 Å². The Labute approximate surface area is 142 Å². The normalized spacial score (nSPS) is 12.0. The molecule has 0 heterocycles. The maximum absolute atomic E-state index is 2.51. The van der Waals surface area contributed by atoms with E-state index in [4.69, 9.17) is 0 Å². The van der Waals surface area contributed by atoms with Crippen LogP contribution < -0.4 is 4.90 Å². The van der Waals surface area contributed by atoms with Gasteiger partial charge in [-0.3, -0.25) is 0 Å². The Bertz CT molecular complexity index is 625. The Kier molecular flexibility index (Phi) is 5.19. The van der Waals surface area contributed by atoms with Crippen LogP contribution in [0.25, 0.3) is 11.1 Å². The average molecular weight is 309 g/mol. The first-order valence-corrected chi connectivity index (χ1v) is 8.70. The van der Waals surface area contributed by atoms with Gasteiger partial charge in [-0.15, -0.1) is 0 Å². The predicted octanol–water partition coefficient (Wildman–Crippen LogP) is 6.27. The quantitative estimate of drug-likeness (QED) is 0.643. The molecule has 0 saturated carbocycles. The van der Waals surface area contributed by atoms with Gasteiger partial charge in [-0.1, -0.05) is 57.2 Å². The molecule has 0 aliphatic heterocycles. The summed E-state index contributed by atoms with van der Waals surface area (Å²) < 4.78 is 0. The molecule has 0 aliphatic rings. The molecule has 0 radical (unpaired) electrons. The van der Waals surface area contributed by atoms with E-state index in [9.17, 15) is 0 Å². The third kappa shape index (κ3) is 3.96. The standard InChI is InChI=1S/C22H31N/c1-16(2)23(17(3)4)21-14-13-19(22(5,6)7)15-20(21)18-11-9-8-10-12-18/h8-17H,1-7H3. The molecule has 2 aromatic carbocycles. The highest BCUT2D eigenvalue weighted by atomic mass is 15.2. The highest BCUT2D eigenvalue weighted by molar-refractivity contribution is 5.80. The summed E-state index contributed by atoms with van der Waals surface area (Å²) in [4.78, 5) is 2.51. The third-order valence-corrected chi connectivity index (χ3v) is 4.34. The van der Waals surface area contributed by atoms with Crippen LogP contribution >= 0.6 is 0 Å². The highest BCUT2D eigenvalue weighted by Gasteiger charge is 2.21. The molecule has 0 unspecified atom stereocenters. The van der Waals surface area contributed by atoms with Gasteiger partial charge in [0.1, 0.15) is 0 Å². The molecule has 1 nitrogen and oxygen atoms in total. The maximum Gasteiger partial charge on any atom is 0.0450 e. The van der Waals surface area contributed by atoms with Crippen LogP contribution in [0.3, 0.4) is 0 Å². The molecular formula is C22H31N. The maximum atomic E-state index is 2.51. The second-order valence-electron chi connectivity index (χ2n) is 7.94. The van der Waals surface area contributed by atoms with Crippen molar-refractivity contribution in [3.8, 4) is 11.1 Å². The number of hydrogen-bond donors (Lipinski definition) is 0. The van der Waals surface area contributed by atoms with Crippen LogP contribution in [0.4, 0.5) is 5.69 Å². The lowest BCUT2D eigenvalue weighted by Crippen LogP contribution is -2.37. The molecule has 0 fully saturated rings. The van der Waals surface area contributed by atoms with Gasteiger partial charge in [0.2, 0.25) is 0 Å². The van der Waals surface area contributed by atoms with Crippen molar-refractivity contribution in [1.29, 1.82) is 0 Å². The summed E-state index contributed by atoms with van der Waals surface area (Å²) in [6.07, 6.45) is 0. The lowest BCUT2D eigenvalue weighted by molar-refractivity contribution is 0.588. The molecule has 0 bridgehead atoms. The lowest BCUT2D eigenvalue weighted by Gasteiger charge is -2.35. The summed E-state index contributed by atoms with van der Waals surface area (Å²) in [6.45, 7) is 15.9. The van der Waals surface area contributed by atoms with Crippen molar-refractivity contribution in [2.75, 3.05) is 4.90 Å². The highest BCUT2D eigenvalue weighted by Crippen LogP contribution is 2.36. The van der Waals surface area contributed by atoms with Crippen molar-refractivity contribution in [2.24, 2.45) is 0 Å². The van der Waals surface area contributed by atoms with E-state index in [2.05, 4.69) is 102 Å². The van der Waals surface area contributed by atoms with Gasteiger partial charge in [-0.2, -0.15) is 0 Å². The molecule has 2 aromatic rings. The summed E-state index contributed by atoms with van der Waals surface area (Å²) in [7, 11) is 0. The molecule has 0 spiro atoms. The van der Waals surface area contributed by atoms with E-state index in [-0.39, 0.29) is 5.41 Å². The smallest absolute Gasteiger partial charge is 0.0450 e. The zero-order valence-electron chi connectivity index (χ0n) is 15.7. The van der Waals surface area contributed by atoms with E-state index in [0.717, 1.165) is 0 Å². The van der Waals surface area contributed by atoms with Gasteiger partial charge in [0, 0.05) is 23.3 Å². The first-order valence-electron chi connectivity index (χ1n) is 8.70. The number of anilines is 1. The Morgan fingerprint density at radius 1 is 0.783 bits per heavy atom. The molecule has 124 valence electrons. The van der Waals surface area contributed by atoms with Gasteiger partial charge in [0.25, 0.3) is 0 Å². The minimum absolute atomic E-state index is 0.155. The number of benzene rings is 2. The van der Waals surface area contributed by atoms with Crippen LogP contribution in [-0.2, 0) is 5.41 Å². The monoisotopic (exact) mass is 309 g/mol. The van der Waals surface area contributed by atoms with Crippen LogP contribution in [0.5, 0.6) is 0 Å². The molecule has 0 aliphatic carbocycles.